The van der Waals surface area contributed by atoms with Gasteiger partial charge in [-0.2, -0.15) is 5.26 Å². The van der Waals surface area contributed by atoms with Crippen LogP contribution in [0.15, 0.2) is 24.3 Å². The number of benzene rings is 1. The van der Waals surface area contributed by atoms with Crippen molar-refractivity contribution in [1.82, 2.24) is 5.32 Å². The van der Waals surface area contributed by atoms with Crippen molar-refractivity contribution in [3.8, 4) is 6.07 Å². The lowest BCUT2D eigenvalue weighted by atomic mass is 10.1. The fourth-order valence-electron chi connectivity index (χ4n) is 2.54. The first-order chi connectivity index (χ1) is 8.79. The second-order valence-corrected chi connectivity index (χ2v) is 5.06. The van der Waals surface area contributed by atoms with Gasteiger partial charge in [0.1, 0.15) is 0 Å². The summed E-state index contributed by atoms with van der Waals surface area (Å²) in [4.78, 5) is 0. The average Bonchev–Trinajstić information content (AvgIpc) is 2.92. The van der Waals surface area contributed by atoms with E-state index in [2.05, 4.69) is 11.4 Å². The van der Waals surface area contributed by atoms with Gasteiger partial charge in [-0.1, -0.05) is 25.0 Å². The van der Waals surface area contributed by atoms with Crippen molar-refractivity contribution < 1.29 is 5.11 Å². The summed E-state index contributed by atoms with van der Waals surface area (Å²) in [6.07, 6.45) is 4.86. The highest BCUT2D eigenvalue weighted by Gasteiger charge is 2.15. The van der Waals surface area contributed by atoms with E-state index in [0.717, 1.165) is 18.0 Å². The van der Waals surface area contributed by atoms with Crippen LogP contribution >= 0.6 is 0 Å². The van der Waals surface area contributed by atoms with Crippen LogP contribution in [0.25, 0.3) is 0 Å². The van der Waals surface area contributed by atoms with Crippen LogP contribution in [-0.4, -0.2) is 18.2 Å². The summed E-state index contributed by atoms with van der Waals surface area (Å²) in [5.74, 6) is 0.790. The first-order valence-electron chi connectivity index (χ1n) is 6.68. The predicted octanol–water partition coefficient (Wildman–Crippen LogP) is 2.37. The van der Waals surface area contributed by atoms with E-state index in [1.54, 1.807) is 12.1 Å². The van der Waals surface area contributed by atoms with Crippen LogP contribution < -0.4 is 5.32 Å². The molecule has 2 N–H and O–H groups in total. The van der Waals surface area contributed by atoms with Crippen molar-refractivity contribution in [1.29, 1.82) is 5.26 Å². The summed E-state index contributed by atoms with van der Waals surface area (Å²) >= 11 is 0. The number of nitrogens with zero attached hydrogens (tertiary/aromatic N) is 1. The minimum absolute atomic E-state index is 0.487. The van der Waals surface area contributed by atoms with Crippen molar-refractivity contribution in [3.05, 3.63) is 35.4 Å². The van der Waals surface area contributed by atoms with Crippen molar-refractivity contribution in [3.63, 3.8) is 0 Å². The third kappa shape index (κ3) is 3.56. The third-order valence-electron chi connectivity index (χ3n) is 3.67. The number of aliphatic hydroxyl groups is 1. The average molecular weight is 244 g/mol. The van der Waals surface area contributed by atoms with Crippen LogP contribution in [0.3, 0.4) is 0 Å². The molecule has 1 aromatic carbocycles. The lowest BCUT2D eigenvalue weighted by molar-refractivity contribution is 0.173. The van der Waals surface area contributed by atoms with E-state index in [0.29, 0.717) is 12.1 Å². The molecule has 0 spiro atoms. The molecule has 1 aliphatic carbocycles. The fraction of sp³-hybridized carbons (Fsp3) is 0.533. The zero-order valence-electron chi connectivity index (χ0n) is 10.6. The van der Waals surface area contributed by atoms with Crippen LogP contribution in [-0.2, 0) is 0 Å². The van der Waals surface area contributed by atoms with Crippen molar-refractivity contribution >= 4 is 0 Å². The molecule has 0 bridgehead atoms. The van der Waals surface area contributed by atoms with E-state index in [4.69, 9.17) is 5.26 Å². The van der Waals surface area contributed by atoms with E-state index in [9.17, 15) is 5.11 Å². The molecule has 0 radical (unpaired) electrons. The van der Waals surface area contributed by atoms with E-state index in [1.807, 2.05) is 12.1 Å². The molecule has 96 valence electrons. The highest BCUT2D eigenvalue weighted by Crippen LogP contribution is 2.23. The molecule has 18 heavy (non-hydrogen) atoms. The van der Waals surface area contributed by atoms with Gasteiger partial charge in [-0.15, -0.1) is 0 Å². The second-order valence-electron chi connectivity index (χ2n) is 5.06. The van der Waals surface area contributed by atoms with Gasteiger partial charge in [-0.05, 0) is 43.0 Å². The molecule has 1 saturated carbocycles. The molecule has 0 amide bonds. The van der Waals surface area contributed by atoms with Crippen LogP contribution in [0.2, 0.25) is 0 Å². The minimum atomic E-state index is -0.487. The van der Waals surface area contributed by atoms with Gasteiger partial charge in [0.05, 0.1) is 17.7 Å². The molecule has 0 aliphatic heterocycles. The topological polar surface area (TPSA) is 56.0 Å². The van der Waals surface area contributed by atoms with Gasteiger partial charge in [-0.25, -0.2) is 0 Å². The lowest BCUT2D eigenvalue weighted by Crippen LogP contribution is -2.26. The van der Waals surface area contributed by atoms with Crippen molar-refractivity contribution in [2.24, 2.45) is 5.92 Å². The smallest absolute Gasteiger partial charge is 0.0991 e. The summed E-state index contributed by atoms with van der Waals surface area (Å²) in [7, 11) is 0. The summed E-state index contributed by atoms with van der Waals surface area (Å²) < 4.78 is 0. The maximum Gasteiger partial charge on any atom is 0.0991 e. The van der Waals surface area contributed by atoms with Crippen LogP contribution in [0.1, 0.15) is 42.9 Å². The number of nitrogens with one attached hydrogen (secondary N) is 1. The Labute approximate surface area is 108 Å². The van der Waals surface area contributed by atoms with E-state index in [1.165, 1.54) is 25.7 Å². The number of hydrogen-bond acceptors (Lipinski definition) is 3. The Morgan fingerprint density at radius 2 is 1.94 bits per heavy atom. The Morgan fingerprint density at radius 3 is 2.56 bits per heavy atom. The largest absolute Gasteiger partial charge is 0.387 e. The van der Waals surface area contributed by atoms with Crippen LogP contribution in [0, 0.1) is 17.2 Å². The van der Waals surface area contributed by atoms with Gasteiger partial charge < -0.3 is 10.4 Å². The Hall–Kier alpha value is -1.37. The fourth-order valence-corrected chi connectivity index (χ4v) is 2.54. The molecule has 0 saturated heterocycles. The highest BCUT2D eigenvalue weighted by atomic mass is 16.3. The predicted molar refractivity (Wildman–Crippen MR) is 70.9 cm³/mol. The highest BCUT2D eigenvalue weighted by molar-refractivity contribution is 5.32. The van der Waals surface area contributed by atoms with Crippen LogP contribution in [0.4, 0.5) is 0 Å². The molecule has 3 nitrogen and oxygen atoms in total. The van der Waals surface area contributed by atoms with Gasteiger partial charge in [-0.3, -0.25) is 0 Å². The monoisotopic (exact) mass is 244 g/mol. The van der Waals surface area contributed by atoms with Gasteiger partial charge in [0.25, 0.3) is 0 Å². The first-order valence-corrected chi connectivity index (χ1v) is 6.68. The standard InChI is InChI=1S/C15H20N2O/c16-9-12-5-7-14(8-6-12)15(18)11-17-10-13-3-1-2-4-13/h5-8,13,15,17-18H,1-4,10-11H2. The molecular formula is C15H20N2O. The van der Waals surface area contributed by atoms with Crippen molar-refractivity contribution in [2.75, 3.05) is 13.1 Å². The van der Waals surface area contributed by atoms with E-state index >= 15 is 0 Å². The lowest BCUT2D eigenvalue weighted by Gasteiger charge is -2.15. The Kier molecular flexibility index (Phi) is 4.74. The second kappa shape index (κ2) is 6.53. The van der Waals surface area contributed by atoms with Gasteiger partial charge in [0.2, 0.25) is 0 Å². The van der Waals surface area contributed by atoms with Crippen LogP contribution in [0.5, 0.6) is 0 Å². The van der Waals surface area contributed by atoms with Gasteiger partial charge in [0, 0.05) is 6.54 Å². The normalized spacial score (nSPS) is 17.6. The molecular weight excluding hydrogens is 224 g/mol. The molecule has 2 rings (SSSR count). The maximum absolute atomic E-state index is 10.0. The van der Waals surface area contributed by atoms with Gasteiger partial charge >= 0.3 is 0 Å². The van der Waals surface area contributed by atoms with Gasteiger partial charge in [0.15, 0.2) is 0 Å². The van der Waals surface area contributed by atoms with E-state index < -0.39 is 6.10 Å². The number of rotatable bonds is 5. The summed E-state index contributed by atoms with van der Waals surface area (Å²) in [6, 6.07) is 9.21. The Morgan fingerprint density at radius 1 is 1.28 bits per heavy atom. The molecule has 0 aromatic heterocycles. The molecule has 1 unspecified atom stereocenters. The molecule has 1 aliphatic rings. The summed E-state index contributed by atoms with van der Waals surface area (Å²) in [6.45, 7) is 1.59. The summed E-state index contributed by atoms with van der Waals surface area (Å²) in [5, 5.41) is 22.1. The molecule has 1 fully saturated rings. The number of nitriles is 1. The Bertz CT molecular complexity index is 401. The molecule has 0 heterocycles. The molecule has 3 heteroatoms. The number of hydrogen-bond donors (Lipinski definition) is 2. The SMILES string of the molecule is N#Cc1ccc(C(O)CNCC2CCCC2)cc1. The number of aliphatic hydroxyl groups excluding tert-OH is 1. The maximum atomic E-state index is 10.0. The zero-order valence-corrected chi connectivity index (χ0v) is 10.6. The minimum Gasteiger partial charge on any atom is -0.387 e. The van der Waals surface area contributed by atoms with E-state index in [-0.39, 0.29) is 0 Å². The molecule has 1 atom stereocenters. The Balaban J connectivity index is 1.76. The zero-order chi connectivity index (χ0) is 12.8. The third-order valence-corrected chi connectivity index (χ3v) is 3.67. The quantitative estimate of drug-likeness (QED) is 0.836. The molecule has 1 aromatic rings. The first kappa shape index (κ1) is 13.1. The van der Waals surface area contributed by atoms with Crippen molar-refractivity contribution in [2.45, 2.75) is 31.8 Å². The summed E-state index contributed by atoms with van der Waals surface area (Å²) in [5.41, 5.74) is 1.50.